The number of hydrogen-bond donors (Lipinski definition) is 0. The quantitative estimate of drug-likeness (QED) is 0.771. The van der Waals surface area contributed by atoms with Crippen LogP contribution in [0.2, 0.25) is 0 Å². The van der Waals surface area contributed by atoms with Crippen molar-refractivity contribution < 1.29 is 22.2 Å². The van der Waals surface area contributed by atoms with Crippen molar-refractivity contribution >= 4 is 16.6 Å². The van der Waals surface area contributed by atoms with E-state index >= 15 is 0 Å². The zero-order valence-corrected chi connectivity index (χ0v) is 13.0. The van der Waals surface area contributed by atoms with E-state index in [0.717, 1.165) is 25.0 Å². The number of alkyl halides is 3. The van der Waals surface area contributed by atoms with Gasteiger partial charge in [0.05, 0.1) is 5.56 Å². The molecule has 1 aromatic carbocycles. The van der Waals surface area contributed by atoms with Gasteiger partial charge in [0.1, 0.15) is 0 Å². The van der Waals surface area contributed by atoms with Gasteiger partial charge in [-0.1, -0.05) is 0 Å². The summed E-state index contributed by atoms with van der Waals surface area (Å²) in [6.45, 7) is 1.56. The summed E-state index contributed by atoms with van der Waals surface area (Å²) in [4.78, 5) is 12.6. The topological polar surface area (TPSA) is 34.1 Å². The Balaban J connectivity index is 1.87. The molecule has 0 amide bonds. The van der Waals surface area contributed by atoms with Crippen LogP contribution in [0, 0.1) is 12.8 Å². The SMILES string of the molecule is Cc1cc(C(=O)C2CC3CCC(C2)S3=O)cc(C(F)(F)F)c1. The maximum Gasteiger partial charge on any atom is 0.416 e. The molecule has 2 heterocycles. The number of fused-ring (bicyclic) bond motifs is 2. The molecule has 0 spiro atoms. The smallest absolute Gasteiger partial charge is 0.294 e. The fourth-order valence-corrected chi connectivity index (χ4v) is 5.70. The molecular formula is C16H17F3O2S. The van der Waals surface area contributed by atoms with Crippen molar-refractivity contribution in [3.63, 3.8) is 0 Å². The first-order valence-electron chi connectivity index (χ1n) is 7.38. The highest BCUT2D eigenvalue weighted by atomic mass is 32.2. The van der Waals surface area contributed by atoms with Crippen LogP contribution in [0.4, 0.5) is 13.2 Å². The highest BCUT2D eigenvalue weighted by Crippen LogP contribution is 2.40. The van der Waals surface area contributed by atoms with E-state index < -0.39 is 22.5 Å². The third-order valence-electron chi connectivity index (χ3n) is 4.62. The van der Waals surface area contributed by atoms with Crippen LogP contribution in [-0.4, -0.2) is 20.5 Å². The van der Waals surface area contributed by atoms with Crippen LogP contribution in [-0.2, 0) is 17.0 Å². The minimum Gasteiger partial charge on any atom is -0.294 e. The molecule has 0 aliphatic carbocycles. The number of Topliss-reactive ketones (excluding diaryl/α,β-unsaturated/α-hetero) is 1. The summed E-state index contributed by atoms with van der Waals surface area (Å²) in [6, 6.07) is 3.52. The molecule has 1 aromatic rings. The van der Waals surface area contributed by atoms with Gasteiger partial charge in [0, 0.05) is 32.8 Å². The molecule has 2 aliphatic rings. The lowest BCUT2D eigenvalue weighted by Crippen LogP contribution is -2.32. The molecule has 2 saturated heterocycles. The number of carbonyl (C=O) groups excluding carboxylic acids is 1. The highest BCUT2D eigenvalue weighted by Gasteiger charge is 2.43. The summed E-state index contributed by atoms with van der Waals surface area (Å²) >= 11 is 0. The first-order valence-corrected chi connectivity index (χ1v) is 8.66. The molecule has 2 unspecified atom stereocenters. The molecule has 2 nitrogen and oxygen atoms in total. The van der Waals surface area contributed by atoms with Gasteiger partial charge in [0.25, 0.3) is 0 Å². The lowest BCUT2D eigenvalue weighted by molar-refractivity contribution is -0.137. The van der Waals surface area contributed by atoms with E-state index in [-0.39, 0.29) is 27.8 Å². The molecule has 0 aromatic heterocycles. The number of aryl methyl sites for hydroxylation is 1. The first-order chi connectivity index (χ1) is 10.3. The Morgan fingerprint density at radius 1 is 1.14 bits per heavy atom. The number of hydrogen-bond acceptors (Lipinski definition) is 2. The molecule has 0 N–H and O–H groups in total. The standard InChI is InChI=1S/C16H17F3O2S/c1-9-4-10(6-12(5-9)16(17,18)19)15(20)11-7-13-2-3-14(8-11)22(13)21/h4-6,11,13-14H,2-3,7-8H2,1H3. The maximum absolute atomic E-state index is 12.9. The van der Waals surface area contributed by atoms with Gasteiger partial charge in [0.15, 0.2) is 5.78 Å². The van der Waals surface area contributed by atoms with Crippen molar-refractivity contribution in [2.45, 2.75) is 49.3 Å². The average Bonchev–Trinajstić information content (AvgIpc) is 2.66. The van der Waals surface area contributed by atoms with Gasteiger partial charge >= 0.3 is 6.18 Å². The maximum atomic E-state index is 12.9. The van der Waals surface area contributed by atoms with Crippen LogP contribution in [0.3, 0.4) is 0 Å². The number of carbonyl (C=O) groups is 1. The van der Waals surface area contributed by atoms with Gasteiger partial charge in [-0.3, -0.25) is 9.00 Å². The predicted octanol–water partition coefficient (Wildman–Crippen LogP) is 3.89. The highest BCUT2D eigenvalue weighted by molar-refractivity contribution is 7.86. The number of halogens is 3. The number of rotatable bonds is 2. The zero-order chi connectivity index (χ0) is 16.1. The zero-order valence-electron chi connectivity index (χ0n) is 12.2. The van der Waals surface area contributed by atoms with E-state index in [1.807, 2.05) is 0 Å². The molecule has 2 atom stereocenters. The van der Waals surface area contributed by atoms with Crippen molar-refractivity contribution in [1.82, 2.24) is 0 Å². The first kappa shape index (κ1) is 15.7. The largest absolute Gasteiger partial charge is 0.416 e. The summed E-state index contributed by atoms with van der Waals surface area (Å²) < 4.78 is 50.6. The number of ketones is 1. The Morgan fingerprint density at radius 2 is 1.73 bits per heavy atom. The summed E-state index contributed by atoms with van der Waals surface area (Å²) in [7, 11) is -0.867. The monoisotopic (exact) mass is 330 g/mol. The van der Waals surface area contributed by atoms with E-state index in [9.17, 15) is 22.2 Å². The molecule has 120 valence electrons. The summed E-state index contributed by atoms with van der Waals surface area (Å²) in [5.74, 6) is -0.527. The third kappa shape index (κ3) is 2.85. The summed E-state index contributed by atoms with van der Waals surface area (Å²) in [5.41, 5.74) is -0.219. The van der Waals surface area contributed by atoms with Gasteiger partial charge < -0.3 is 0 Å². The molecule has 2 fully saturated rings. The lowest BCUT2D eigenvalue weighted by atomic mass is 9.89. The fourth-order valence-electron chi connectivity index (χ4n) is 3.57. The Labute approximate surface area is 129 Å². The molecular weight excluding hydrogens is 313 g/mol. The van der Waals surface area contributed by atoms with Crippen molar-refractivity contribution in [2.75, 3.05) is 0 Å². The van der Waals surface area contributed by atoms with Crippen LogP contribution in [0.15, 0.2) is 18.2 Å². The van der Waals surface area contributed by atoms with Crippen LogP contribution in [0.25, 0.3) is 0 Å². The van der Waals surface area contributed by atoms with Crippen LogP contribution in [0.1, 0.15) is 47.2 Å². The normalized spacial score (nSPS) is 31.3. The van der Waals surface area contributed by atoms with Crippen LogP contribution in [0.5, 0.6) is 0 Å². The molecule has 2 aliphatic heterocycles. The van der Waals surface area contributed by atoms with Crippen molar-refractivity contribution in [1.29, 1.82) is 0 Å². The van der Waals surface area contributed by atoms with Crippen LogP contribution >= 0.6 is 0 Å². The minimum atomic E-state index is -4.45. The minimum absolute atomic E-state index is 0.0413. The number of benzene rings is 1. The summed E-state index contributed by atoms with van der Waals surface area (Å²) in [5, 5.41) is 0.0826. The Morgan fingerprint density at radius 3 is 2.27 bits per heavy atom. The van der Waals surface area contributed by atoms with Crippen molar-refractivity contribution in [2.24, 2.45) is 5.92 Å². The average molecular weight is 330 g/mol. The molecule has 6 heteroatoms. The second-order valence-electron chi connectivity index (χ2n) is 6.27. The Kier molecular flexibility index (Phi) is 3.91. The Hall–Kier alpha value is -1.17. The van der Waals surface area contributed by atoms with E-state index in [0.29, 0.717) is 18.4 Å². The second kappa shape index (κ2) is 5.48. The third-order valence-corrected chi connectivity index (χ3v) is 6.79. The molecule has 22 heavy (non-hydrogen) atoms. The Bertz CT molecular complexity index is 623. The summed E-state index contributed by atoms with van der Waals surface area (Å²) in [6.07, 6.45) is -1.64. The second-order valence-corrected chi connectivity index (χ2v) is 8.26. The van der Waals surface area contributed by atoms with Crippen molar-refractivity contribution in [3.05, 3.63) is 34.9 Å². The molecule has 0 radical (unpaired) electrons. The lowest BCUT2D eigenvalue weighted by Gasteiger charge is -2.26. The molecule has 2 bridgehead atoms. The predicted molar refractivity (Wildman–Crippen MR) is 78.2 cm³/mol. The van der Waals surface area contributed by atoms with Crippen LogP contribution < -0.4 is 0 Å². The van der Waals surface area contributed by atoms with Gasteiger partial charge in [-0.2, -0.15) is 13.2 Å². The van der Waals surface area contributed by atoms with E-state index in [2.05, 4.69) is 0 Å². The molecule has 0 saturated carbocycles. The van der Waals surface area contributed by atoms with Gasteiger partial charge in [0.2, 0.25) is 0 Å². The fraction of sp³-hybridized carbons (Fsp3) is 0.562. The van der Waals surface area contributed by atoms with Gasteiger partial charge in [-0.25, -0.2) is 0 Å². The van der Waals surface area contributed by atoms with E-state index in [1.54, 1.807) is 6.92 Å². The van der Waals surface area contributed by atoms with E-state index in [4.69, 9.17) is 0 Å². The van der Waals surface area contributed by atoms with E-state index in [1.165, 1.54) is 6.07 Å². The molecule has 3 rings (SSSR count). The van der Waals surface area contributed by atoms with Gasteiger partial charge in [-0.15, -0.1) is 0 Å². The van der Waals surface area contributed by atoms with Gasteiger partial charge in [-0.05, 0) is 56.4 Å². The van der Waals surface area contributed by atoms with Crippen molar-refractivity contribution in [3.8, 4) is 0 Å².